The van der Waals surface area contributed by atoms with E-state index in [4.69, 9.17) is 9.15 Å². The topological polar surface area (TPSA) is 80.0 Å². The van der Waals surface area contributed by atoms with E-state index in [0.29, 0.717) is 24.2 Å². The Morgan fingerprint density at radius 2 is 1.93 bits per heavy atom. The van der Waals surface area contributed by atoms with Crippen molar-refractivity contribution in [1.29, 1.82) is 0 Å². The van der Waals surface area contributed by atoms with Crippen molar-refractivity contribution in [1.82, 2.24) is 4.90 Å². The third-order valence-corrected chi connectivity index (χ3v) is 4.28. The van der Waals surface area contributed by atoms with Gasteiger partial charge in [-0.05, 0) is 24.6 Å². The molecule has 0 atom stereocenters. The van der Waals surface area contributed by atoms with Crippen LogP contribution < -0.4 is 0 Å². The number of fused-ring (bicyclic) bond motifs is 1. The summed E-state index contributed by atoms with van der Waals surface area (Å²) in [6.45, 7) is 2.59. The first kappa shape index (κ1) is 18.5. The molecule has 0 spiro atoms. The van der Waals surface area contributed by atoms with Crippen LogP contribution >= 0.6 is 0 Å². The first-order chi connectivity index (χ1) is 13.1. The van der Waals surface area contributed by atoms with Gasteiger partial charge < -0.3 is 19.2 Å². The van der Waals surface area contributed by atoms with Crippen molar-refractivity contribution in [3.05, 3.63) is 65.9 Å². The van der Waals surface area contributed by atoms with Crippen molar-refractivity contribution >= 4 is 22.8 Å². The molecule has 0 aliphatic rings. The lowest BCUT2D eigenvalue weighted by Crippen LogP contribution is -2.34. The molecule has 0 aliphatic heterocycles. The van der Waals surface area contributed by atoms with Gasteiger partial charge in [-0.3, -0.25) is 9.59 Å². The zero-order valence-corrected chi connectivity index (χ0v) is 15.1. The molecule has 140 valence electrons. The molecule has 1 aromatic heterocycles. The second-order valence-electron chi connectivity index (χ2n) is 6.17. The Bertz CT molecular complexity index is 932. The molecule has 2 aromatic carbocycles. The quantitative estimate of drug-likeness (QED) is 0.648. The Hall–Kier alpha value is -3.28. The number of nitrogens with zero attached hydrogens (tertiary/aromatic N) is 1. The zero-order chi connectivity index (χ0) is 19.2. The fourth-order valence-corrected chi connectivity index (χ4v) is 2.83. The van der Waals surface area contributed by atoms with Crippen LogP contribution in [0.25, 0.3) is 11.0 Å². The van der Waals surface area contributed by atoms with Gasteiger partial charge in [0.05, 0.1) is 12.7 Å². The van der Waals surface area contributed by atoms with Gasteiger partial charge in [-0.2, -0.15) is 0 Å². The Morgan fingerprint density at radius 1 is 1.15 bits per heavy atom. The standard InChI is InChI=1S/C21H21NO5/c1-2-22(12-15-6-4-3-5-7-15)20(24)14-27-21(25)10-16-13-26-19-11-17(23)8-9-18(16)19/h3-9,11,13,23H,2,10,12,14H2,1H3. The lowest BCUT2D eigenvalue weighted by Gasteiger charge is -2.20. The van der Waals surface area contributed by atoms with Gasteiger partial charge in [0.1, 0.15) is 11.3 Å². The molecule has 6 nitrogen and oxygen atoms in total. The van der Waals surface area contributed by atoms with E-state index in [9.17, 15) is 14.7 Å². The van der Waals surface area contributed by atoms with Crippen LogP contribution in [0.4, 0.5) is 0 Å². The monoisotopic (exact) mass is 367 g/mol. The summed E-state index contributed by atoms with van der Waals surface area (Å²) >= 11 is 0. The second-order valence-corrected chi connectivity index (χ2v) is 6.17. The van der Waals surface area contributed by atoms with E-state index in [-0.39, 0.29) is 24.7 Å². The molecule has 3 aromatic rings. The molecule has 0 bridgehead atoms. The van der Waals surface area contributed by atoms with Gasteiger partial charge in [0, 0.05) is 30.1 Å². The third kappa shape index (κ3) is 4.67. The summed E-state index contributed by atoms with van der Waals surface area (Å²) in [6, 6.07) is 14.3. The van der Waals surface area contributed by atoms with E-state index in [1.54, 1.807) is 11.0 Å². The molecule has 27 heavy (non-hydrogen) atoms. The minimum absolute atomic E-state index is 0.00410. The molecule has 0 saturated carbocycles. The molecule has 1 amide bonds. The number of esters is 1. The maximum Gasteiger partial charge on any atom is 0.310 e. The van der Waals surface area contributed by atoms with Crippen LogP contribution in [0.5, 0.6) is 5.75 Å². The smallest absolute Gasteiger partial charge is 0.310 e. The van der Waals surface area contributed by atoms with Crippen LogP contribution in [0.15, 0.2) is 59.2 Å². The summed E-state index contributed by atoms with van der Waals surface area (Å²) in [4.78, 5) is 26.1. The van der Waals surface area contributed by atoms with Gasteiger partial charge >= 0.3 is 5.97 Å². The van der Waals surface area contributed by atoms with Crippen molar-refractivity contribution in [3.63, 3.8) is 0 Å². The Morgan fingerprint density at radius 3 is 2.67 bits per heavy atom. The minimum atomic E-state index is -0.505. The molecule has 1 N–H and O–H groups in total. The van der Waals surface area contributed by atoms with Gasteiger partial charge in [0.15, 0.2) is 6.61 Å². The molecule has 0 aliphatic carbocycles. The molecule has 0 saturated heterocycles. The van der Waals surface area contributed by atoms with Crippen molar-refractivity contribution in [3.8, 4) is 5.75 Å². The molecule has 6 heteroatoms. The summed E-state index contributed by atoms with van der Waals surface area (Å²) in [5, 5.41) is 10.2. The summed E-state index contributed by atoms with van der Waals surface area (Å²) in [5.74, 6) is -0.652. The molecule has 0 unspecified atom stereocenters. The third-order valence-electron chi connectivity index (χ3n) is 4.28. The van der Waals surface area contributed by atoms with Gasteiger partial charge in [-0.25, -0.2) is 0 Å². The largest absolute Gasteiger partial charge is 0.508 e. The highest BCUT2D eigenvalue weighted by molar-refractivity contribution is 5.87. The number of furan rings is 1. The predicted molar refractivity (Wildman–Crippen MR) is 100 cm³/mol. The molecule has 0 radical (unpaired) electrons. The number of rotatable bonds is 7. The van der Waals surface area contributed by atoms with Gasteiger partial charge in [0.25, 0.3) is 5.91 Å². The number of likely N-dealkylation sites (N-methyl/N-ethyl adjacent to an activating group) is 1. The Balaban J connectivity index is 1.55. The predicted octanol–water partition coefficient (Wildman–Crippen LogP) is 3.27. The van der Waals surface area contributed by atoms with E-state index in [1.165, 1.54) is 18.4 Å². The first-order valence-electron chi connectivity index (χ1n) is 8.73. The number of aromatic hydroxyl groups is 1. The summed E-state index contributed by atoms with van der Waals surface area (Å²) in [6.07, 6.45) is 1.46. The minimum Gasteiger partial charge on any atom is -0.508 e. The number of ether oxygens (including phenoxy) is 1. The zero-order valence-electron chi connectivity index (χ0n) is 15.1. The van der Waals surface area contributed by atoms with Gasteiger partial charge in [-0.15, -0.1) is 0 Å². The Kier molecular flexibility index (Phi) is 5.76. The lowest BCUT2D eigenvalue weighted by molar-refractivity contribution is -0.151. The van der Waals surface area contributed by atoms with Gasteiger partial charge in [-0.1, -0.05) is 30.3 Å². The van der Waals surface area contributed by atoms with Crippen molar-refractivity contribution in [2.24, 2.45) is 0 Å². The van der Waals surface area contributed by atoms with Crippen LogP contribution in [0, 0.1) is 0 Å². The number of benzene rings is 2. The lowest BCUT2D eigenvalue weighted by atomic mass is 10.1. The van der Waals surface area contributed by atoms with E-state index in [1.807, 2.05) is 37.3 Å². The maximum atomic E-state index is 12.3. The van der Waals surface area contributed by atoms with Crippen LogP contribution in [-0.4, -0.2) is 35.0 Å². The van der Waals surface area contributed by atoms with E-state index >= 15 is 0 Å². The van der Waals surface area contributed by atoms with Crippen molar-refractivity contribution in [2.45, 2.75) is 19.9 Å². The number of amides is 1. The molecule has 1 heterocycles. The van der Waals surface area contributed by atoms with Crippen LogP contribution in [0.2, 0.25) is 0 Å². The highest BCUT2D eigenvalue weighted by Crippen LogP contribution is 2.25. The van der Waals surface area contributed by atoms with Crippen LogP contribution in [0.3, 0.4) is 0 Å². The van der Waals surface area contributed by atoms with E-state index in [2.05, 4.69) is 0 Å². The second kappa shape index (κ2) is 8.40. The number of phenols is 1. The SMILES string of the molecule is CCN(Cc1ccccc1)C(=O)COC(=O)Cc1coc2cc(O)ccc12. The summed E-state index contributed by atoms with van der Waals surface area (Å²) < 4.78 is 10.5. The average molecular weight is 367 g/mol. The Labute approximate surface area is 157 Å². The summed E-state index contributed by atoms with van der Waals surface area (Å²) in [5.41, 5.74) is 2.17. The normalized spacial score (nSPS) is 10.7. The maximum absolute atomic E-state index is 12.3. The number of phenolic OH excluding ortho intramolecular Hbond substituents is 1. The van der Waals surface area contributed by atoms with Gasteiger partial charge in [0.2, 0.25) is 0 Å². The van der Waals surface area contributed by atoms with E-state index < -0.39 is 5.97 Å². The molecule has 3 rings (SSSR count). The number of hydrogen-bond donors (Lipinski definition) is 1. The van der Waals surface area contributed by atoms with Crippen molar-refractivity contribution < 1.29 is 23.8 Å². The van der Waals surface area contributed by atoms with Crippen LogP contribution in [0.1, 0.15) is 18.1 Å². The first-order valence-corrected chi connectivity index (χ1v) is 8.73. The number of carbonyl (C=O) groups excluding carboxylic acids is 2. The van der Waals surface area contributed by atoms with Crippen LogP contribution in [-0.2, 0) is 27.3 Å². The molecular weight excluding hydrogens is 346 g/mol. The fourth-order valence-electron chi connectivity index (χ4n) is 2.83. The highest BCUT2D eigenvalue weighted by Gasteiger charge is 2.16. The highest BCUT2D eigenvalue weighted by atomic mass is 16.5. The van der Waals surface area contributed by atoms with Crippen molar-refractivity contribution in [2.75, 3.05) is 13.2 Å². The summed E-state index contributed by atoms with van der Waals surface area (Å²) in [7, 11) is 0. The molecular formula is C21H21NO5. The average Bonchev–Trinajstić information content (AvgIpc) is 3.06. The fraction of sp³-hybridized carbons (Fsp3) is 0.238. The van der Waals surface area contributed by atoms with E-state index in [0.717, 1.165) is 10.9 Å². The number of hydrogen-bond acceptors (Lipinski definition) is 5. The number of carbonyl (C=O) groups is 2. The molecule has 0 fully saturated rings.